The first kappa shape index (κ1) is 26.2. The molecule has 0 N–H and O–H groups in total. The summed E-state index contributed by atoms with van der Waals surface area (Å²) in [6.07, 6.45) is 0. The first-order valence-corrected chi connectivity index (χ1v) is 14.0. The van der Waals surface area contributed by atoms with Crippen molar-refractivity contribution in [3.63, 3.8) is 0 Å². The molecule has 6 aromatic carbocycles. The average Bonchev–Trinajstić information content (AvgIpc) is 3.55. The highest BCUT2D eigenvalue weighted by atomic mass is 15.0. The maximum Gasteiger partial charge on any atom is 0.0541 e. The normalized spacial score (nSPS) is 11.0. The van der Waals surface area contributed by atoms with Crippen LogP contribution in [0.4, 0.5) is 0 Å². The molecule has 8 rings (SSSR count). The average molecular weight is 531 g/mol. The number of rotatable bonds is 3. The Labute approximate surface area is 241 Å². The third-order valence-electron chi connectivity index (χ3n) is 7.70. The van der Waals surface area contributed by atoms with Crippen LogP contribution in [-0.2, 0) is 0 Å². The van der Waals surface area contributed by atoms with Gasteiger partial charge in [-0.2, -0.15) is 0 Å². The Balaban J connectivity index is 0.000000987. The predicted molar refractivity (Wildman–Crippen MR) is 179 cm³/mol. The molecule has 2 nitrogen and oxygen atoms in total. The van der Waals surface area contributed by atoms with Crippen LogP contribution in [0.25, 0.3) is 66.1 Å². The summed E-state index contributed by atoms with van der Waals surface area (Å²) in [6, 6.07) is 52.5. The van der Waals surface area contributed by atoms with E-state index in [-0.39, 0.29) is 7.43 Å². The highest BCUT2D eigenvalue weighted by Crippen LogP contribution is 2.35. The van der Waals surface area contributed by atoms with Gasteiger partial charge in [-0.25, -0.2) is 0 Å². The third kappa shape index (κ3) is 4.20. The van der Waals surface area contributed by atoms with Crippen molar-refractivity contribution in [1.82, 2.24) is 9.13 Å². The molecule has 0 saturated carbocycles. The van der Waals surface area contributed by atoms with Crippen LogP contribution in [0.5, 0.6) is 0 Å². The second-order valence-electron chi connectivity index (χ2n) is 9.84. The van der Waals surface area contributed by atoms with Gasteiger partial charge in [0, 0.05) is 32.9 Å². The summed E-state index contributed by atoms with van der Waals surface area (Å²) in [7, 11) is 0. The summed E-state index contributed by atoms with van der Waals surface area (Å²) in [4.78, 5) is 0. The molecule has 0 aliphatic heterocycles. The van der Waals surface area contributed by atoms with E-state index < -0.39 is 0 Å². The standard InChI is InChI=1S/C36H24N2.C2H6.CH4/c1-5-19-33-29(15-1)30-16-2-6-20-34(30)37(33)27-13-9-11-25(23-27)26-12-10-14-28(24-26)38-35-21-7-3-17-31(35)32-18-4-8-22-36(32)38;1-2;/h1-24H;1-2H3;1H4. The van der Waals surface area contributed by atoms with Crippen molar-refractivity contribution in [3.05, 3.63) is 146 Å². The third-order valence-corrected chi connectivity index (χ3v) is 7.70. The van der Waals surface area contributed by atoms with Gasteiger partial charge in [0.15, 0.2) is 0 Å². The molecule has 0 atom stereocenters. The summed E-state index contributed by atoms with van der Waals surface area (Å²) in [5.41, 5.74) is 9.65. The number of hydrogen-bond acceptors (Lipinski definition) is 0. The van der Waals surface area contributed by atoms with Crippen LogP contribution in [0.2, 0.25) is 0 Å². The molecule has 0 unspecified atom stereocenters. The van der Waals surface area contributed by atoms with Gasteiger partial charge in [-0.15, -0.1) is 0 Å². The zero-order valence-electron chi connectivity index (χ0n) is 22.8. The number of para-hydroxylation sites is 4. The summed E-state index contributed by atoms with van der Waals surface area (Å²) in [6.45, 7) is 4.00. The molecule has 0 aliphatic carbocycles. The van der Waals surface area contributed by atoms with Gasteiger partial charge in [-0.3, -0.25) is 0 Å². The zero-order valence-corrected chi connectivity index (χ0v) is 22.8. The highest BCUT2D eigenvalue weighted by Gasteiger charge is 2.14. The van der Waals surface area contributed by atoms with Crippen LogP contribution in [0.15, 0.2) is 146 Å². The van der Waals surface area contributed by atoms with Crippen molar-refractivity contribution in [3.8, 4) is 22.5 Å². The minimum Gasteiger partial charge on any atom is -0.309 e. The topological polar surface area (TPSA) is 9.86 Å². The Kier molecular flexibility index (Phi) is 6.91. The molecule has 0 amide bonds. The van der Waals surface area contributed by atoms with E-state index in [4.69, 9.17) is 0 Å². The molecule has 2 aromatic heterocycles. The molecule has 200 valence electrons. The van der Waals surface area contributed by atoms with Crippen molar-refractivity contribution in [2.45, 2.75) is 21.3 Å². The quantitative estimate of drug-likeness (QED) is 0.215. The highest BCUT2D eigenvalue weighted by molar-refractivity contribution is 6.10. The maximum absolute atomic E-state index is 2.38. The number of fused-ring (bicyclic) bond motifs is 6. The molecular formula is C39H34N2. The summed E-state index contributed by atoms with van der Waals surface area (Å²) >= 11 is 0. The van der Waals surface area contributed by atoms with E-state index >= 15 is 0 Å². The fraction of sp³-hybridized carbons (Fsp3) is 0.0769. The predicted octanol–water partition coefficient (Wildman–Crippen LogP) is 11.2. The van der Waals surface area contributed by atoms with E-state index in [0.29, 0.717) is 0 Å². The lowest BCUT2D eigenvalue weighted by Crippen LogP contribution is -1.95. The van der Waals surface area contributed by atoms with Crippen molar-refractivity contribution in [1.29, 1.82) is 0 Å². The fourth-order valence-corrected chi connectivity index (χ4v) is 6.05. The van der Waals surface area contributed by atoms with Gasteiger partial charge in [-0.05, 0) is 59.7 Å². The molecule has 0 fully saturated rings. The minimum absolute atomic E-state index is 0. The molecule has 2 heterocycles. The van der Waals surface area contributed by atoms with Crippen LogP contribution in [0, 0.1) is 0 Å². The molecule has 0 saturated heterocycles. The van der Waals surface area contributed by atoms with E-state index in [0.717, 1.165) is 0 Å². The second-order valence-corrected chi connectivity index (χ2v) is 9.84. The van der Waals surface area contributed by atoms with Gasteiger partial charge in [0.05, 0.1) is 22.1 Å². The zero-order chi connectivity index (χ0) is 27.1. The van der Waals surface area contributed by atoms with Gasteiger partial charge >= 0.3 is 0 Å². The van der Waals surface area contributed by atoms with Crippen LogP contribution >= 0.6 is 0 Å². The Morgan fingerprint density at radius 2 is 0.634 bits per heavy atom. The van der Waals surface area contributed by atoms with Gasteiger partial charge in [0.2, 0.25) is 0 Å². The lowest BCUT2D eigenvalue weighted by Gasteiger charge is -2.12. The van der Waals surface area contributed by atoms with Gasteiger partial charge in [0.25, 0.3) is 0 Å². The largest absolute Gasteiger partial charge is 0.309 e. The van der Waals surface area contributed by atoms with E-state index in [1.165, 1.54) is 66.1 Å². The van der Waals surface area contributed by atoms with Crippen molar-refractivity contribution >= 4 is 43.6 Å². The second kappa shape index (κ2) is 10.8. The van der Waals surface area contributed by atoms with Crippen molar-refractivity contribution < 1.29 is 0 Å². The van der Waals surface area contributed by atoms with Gasteiger partial charge in [0.1, 0.15) is 0 Å². The number of benzene rings is 6. The summed E-state index contributed by atoms with van der Waals surface area (Å²) in [5, 5.41) is 5.12. The molecule has 41 heavy (non-hydrogen) atoms. The fourth-order valence-electron chi connectivity index (χ4n) is 6.05. The molecule has 0 bridgehead atoms. The Bertz CT molecular complexity index is 1880. The van der Waals surface area contributed by atoms with Crippen LogP contribution in [0.1, 0.15) is 21.3 Å². The van der Waals surface area contributed by atoms with E-state index in [1.807, 2.05) is 13.8 Å². The SMILES string of the molecule is C.CC.c1cc(-c2cccc(-n3c4ccccc4c4ccccc43)c2)cc(-n2c3ccccc3c3ccccc32)c1. The molecular weight excluding hydrogens is 496 g/mol. The van der Waals surface area contributed by atoms with E-state index in [1.54, 1.807) is 0 Å². The lowest BCUT2D eigenvalue weighted by molar-refractivity contribution is 1.17. The maximum atomic E-state index is 2.38. The van der Waals surface area contributed by atoms with Crippen molar-refractivity contribution in [2.24, 2.45) is 0 Å². The van der Waals surface area contributed by atoms with Crippen LogP contribution in [-0.4, -0.2) is 9.13 Å². The van der Waals surface area contributed by atoms with Gasteiger partial charge < -0.3 is 9.13 Å². The smallest absolute Gasteiger partial charge is 0.0541 e. The summed E-state index contributed by atoms with van der Waals surface area (Å²) in [5.74, 6) is 0. The van der Waals surface area contributed by atoms with E-state index in [9.17, 15) is 0 Å². The molecule has 0 aliphatic rings. The molecule has 0 radical (unpaired) electrons. The number of aromatic nitrogens is 2. The van der Waals surface area contributed by atoms with Crippen LogP contribution in [0.3, 0.4) is 0 Å². The Morgan fingerprint density at radius 3 is 0.951 bits per heavy atom. The molecule has 0 spiro atoms. The van der Waals surface area contributed by atoms with Gasteiger partial charge in [-0.1, -0.05) is 118 Å². The van der Waals surface area contributed by atoms with Crippen LogP contribution < -0.4 is 0 Å². The summed E-state index contributed by atoms with van der Waals surface area (Å²) < 4.78 is 4.76. The molecule has 2 heteroatoms. The Hall–Kier alpha value is -5.08. The van der Waals surface area contributed by atoms with E-state index in [2.05, 4.69) is 155 Å². The number of nitrogens with zero attached hydrogens (tertiary/aromatic N) is 2. The Morgan fingerprint density at radius 1 is 0.341 bits per heavy atom. The number of hydrogen-bond donors (Lipinski definition) is 0. The first-order chi connectivity index (χ1) is 19.9. The molecule has 8 aromatic rings. The van der Waals surface area contributed by atoms with Crippen molar-refractivity contribution in [2.75, 3.05) is 0 Å². The first-order valence-electron chi connectivity index (χ1n) is 14.0. The monoisotopic (exact) mass is 530 g/mol. The minimum atomic E-state index is 0. The lowest BCUT2D eigenvalue weighted by atomic mass is 10.0.